The van der Waals surface area contributed by atoms with Gasteiger partial charge < -0.3 is 29.0 Å². The number of piperazine rings is 1. The van der Waals surface area contributed by atoms with Gasteiger partial charge in [-0.2, -0.15) is 9.97 Å². The minimum absolute atomic E-state index is 0.128. The maximum Gasteiger partial charge on any atom is 0.318 e. The predicted octanol–water partition coefficient (Wildman–Crippen LogP) is 2.52. The molecule has 1 aromatic carbocycles. The molecule has 4 aliphatic rings. The summed E-state index contributed by atoms with van der Waals surface area (Å²) in [6.07, 6.45) is 4.58. The lowest BCUT2D eigenvalue weighted by Gasteiger charge is -2.40. The Morgan fingerprint density at radius 1 is 1.23 bits per heavy atom. The van der Waals surface area contributed by atoms with E-state index in [1.165, 1.54) is 23.6 Å². The molecular formula is C30H37N7O3. The van der Waals surface area contributed by atoms with E-state index in [-0.39, 0.29) is 18.5 Å². The number of benzene rings is 1. The summed E-state index contributed by atoms with van der Waals surface area (Å²) in [4.78, 5) is 34.7. The van der Waals surface area contributed by atoms with Crippen LogP contribution in [0.2, 0.25) is 0 Å². The smallest absolute Gasteiger partial charge is 0.318 e. The van der Waals surface area contributed by atoms with Crippen molar-refractivity contribution in [1.29, 1.82) is 0 Å². The Morgan fingerprint density at radius 3 is 2.92 bits per heavy atom. The monoisotopic (exact) mass is 543 g/mol. The number of fused-ring (bicyclic) bond motifs is 2. The fraction of sp³-hybridized carbons (Fsp3) is 0.533. The maximum atomic E-state index is 12.5. The van der Waals surface area contributed by atoms with Gasteiger partial charge in [-0.25, -0.2) is 6.57 Å². The highest BCUT2D eigenvalue weighted by Gasteiger charge is 2.36. The van der Waals surface area contributed by atoms with Crippen molar-refractivity contribution < 1.29 is 14.3 Å². The van der Waals surface area contributed by atoms with Crippen LogP contribution in [0.3, 0.4) is 0 Å². The molecule has 0 radical (unpaired) electrons. The van der Waals surface area contributed by atoms with Crippen LogP contribution in [0, 0.1) is 6.57 Å². The Balaban J connectivity index is 1.26. The second kappa shape index (κ2) is 11.4. The summed E-state index contributed by atoms with van der Waals surface area (Å²) in [5, 5.41) is 0. The van der Waals surface area contributed by atoms with Gasteiger partial charge in [0, 0.05) is 62.9 Å². The quantitative estimate of drug-likeness (QED) is 0.371. The summed E-state index contributed by atoms with van der Waals surface area (Å²) in [6, 6.07) is 6.88. The lowest BCUT2D eigenvalue weighted by atomic mass is 10.0. The number of aromatic nitrogens is 2. The van der Waals surface area contributed by atoms with Crippen molar-refractivity contribution in [2.45, 2.75) is 51.0 Å². The van der Waals surface area contributed by atoms with E-state index in [0.717, 1.165) is 68.5 Å². The van der Waals surface area contributed by atoms with Crippen molar-refractivity contribution in [2.75, 3.05) is 57.9 Å². The van der Waals surface area contributed by atoms with E-state index >= 15 is 0 Å². The topological polar surface area (TPSA) is 78.6 Å². The number of carbonyl (C=O) groups is 1. The van der Waals surface area contributed by atoms with E-state index in [9.17, 15) is 4.79 Å². The van der Waals surface area contributed by atoms with Crippen LogP contribution in [0.15, 0.2) is 30.9 Å². The summed E-state index contributed by atoms with van der Waals surface area (Å²) in [6.45, 7) is 17.7. The van der Waals surface area contributed by atoms with Gasteiger partial charge in [0.15, 0.2) is 0 Å². The third-order valence-corrected chi connectivity index (χ3v) is 8.66. The zero-order valence-corrected chi connectivity index (χ0v) is 23.2. The molecule has 210 valence electrons. The van der Waals surface area contributed by atoms with E-state index < -0.39 is 0 Å². The van der Waals surface area contributed by atoms with Crippen LogP contribution in [0.5, 0.6) is 11.8 Å². The van der Waals surface area contributed by atoms with Crippen molar-refractivity contribution in [3.05, 3.63) is 64.7 Å². The van der Waals surface area contributed by atoms with Crippen molar-refractivity contribution in [1.82, 2.24) is 24.7 Å². The molecule has 10 nitrogen and oxygen atoms in total. The number of carbonyl (C=O) groups excluding carboxylic acids is 1. The summed E-state index contributed by atoms with van der Waals surface area (Å²) in [5.41, 5.74) is 4.71. The molecule has 2 saturated heterocycles. The van der Waals surface area contributed by atoms with Crippen LogP contribution in [-0.4, -0.2) is 95.6 Å². The Morgan fingerprint density at radius 2 is 2.12 bits per heavy atom. The van der Waals surface area contributed by atoms with Crippen LogP contribution in [0.25, 0.3) is 4.85 Å². The summed E-state index contributed by atoms with van der Waals surface area (Å²) < 4.78 is 12.0. The van der Waals surface area contributed by atoms with Crippen molar-refractivity contribution in [3.63, 3.8) is 0 Å². The fourth-order valence-corrected chi connectivity index (χ4v) is 6.48. The number of anilines is 1. The molecule has 10 heteroatoms. The molecular weight excluding hydrogens is 506 g/mol. The Kier molecular flexibility index (Phi) is 7.59. The van der Waals surface area contributed by atoms with Crippen LogP contribution < -0.4 is 14.4 Å². The zero-order chi connectivity index (χ0) is 27.6. The van der Waals surface area contributed by atoms with E-state index in [2.05, 4.69) is 51.4 Å². The highest BCUT2D eigenvalue weighted by Crippen LogP contribution is 2.35. The molecule has 0 spiro atoms. The zero-order valence-electron chi connectivity index (χ0n) is 23.2. The van der Waals surface area contributed by atoms with Gasteiger partial charge in [-0.05, 0) is 44.1 Å². The highest BCUT2D eigenvalue weighted by atomic mass is 16.5. The number of rotatable bonds is 8. The second-order valence-corrected chi connectivity index (χ2v) is 11.2. The Bertz CT molecular complexity index is 1330. The molecule has 2 fully saturated rings. The number of hydrogen-bond acceptors (Lipinski definition) is 8. The average Bonchev–Trinajstić information content (AvgIpc) is 3.71. The lowest BCUT2D eigenvalue weighted by Crippen LogP contribution is -2.56. The van der Waals surface area contributed by atoms with Crippen LogP contribution >= 0.6 is 0 Å². The predicted molar refractivity (Wildman–Crippen MR) is 151 cm³/mol. The molecule has 0 N–H and O–H groups in total. The molecule has 0 unspecified atom stereocenters. The molecule has 2 atom stereocenters. The van der Waals surface area contributed by atoms with Gasteiger partial charge >= 0.3 is 6.01 Å². The average molecular weight is 544 g/mol. The van der Waals surface area contributed by atoms with Gasteiger partial charge in [0.2, 0.25) is 12.5 Å². The first kappa shape index (κ1) is 26.5. The van der Waals surface area contributed by atoms with Gasteiger partial charge in [0.1, 0.15) is 24.2 Å². The van der Waals surface area contributed by atoms with Gasteiger partial charge in [0.25, 0.3) is 0 Å². The Hall–Kier alpha value is -3.68. The minimum Gasteiger partial charge on any atom is -0.493 e. The molecule has 0 saturated carbocycles. The van der Waals surface area contributed by atoms with Crippen molar-refractivity contribution in [2.24, 2.45) is 0 Å². The highest BCUT2D eigenvalue weighted by molar-refractivity contribution is 5.87. The molecule has 6 rings (SSSR count). The summed E-state index contributed by atoms with van der Waals surface area (Å²) >= 11 is 0. The van der Waals surface area contributed by atoms with Gasteiger partial charge in [-0.15, -0.1) is 0 Å². The first-order valence-electron chi connectivity index (χ1n) is 14.2. The standard InChI is InChI=1S/C30H37N7O3/c1-4-28(38)37-13-12-36(17-23(37)15-31-2)29-25-18-35(16-21-7-5-9-27-24(21)10-14-39-27)19-26(25)32-30(33-29)40-20-22-8-6-11-34(22)3/h4-5,7,9,22-23H,1,6,8,10-20H2,3H3/t22-,23-/m0/s1. The van der Waals surface area contributed by atoms with Crippen molar-refractivity contribution >= 4 is 11.7 Å². The molecule has 5 heterocycles. The van der Waals surface area contributed by atoms with Crippen LogP contribution in [0.1, 0.15) is 35.2 Å². The second-order valence-electron chi connectivity index (χ2n) is 11.2. The summed E-state index contributed by atoms with van der Waals surface area (Å²) in [7, 11) is 2.14. The van der Waals surface area contributed by atoms with E-state index in [4.69, 9.17) is 26.0 Å². The first-order valence-corrected chi connectivity index (χ1v) is 14.2. The number of hydrogen-bond donors (Lipinski definition) is 0. The molecule has 0 aliphatic carbocycles. The van der Waals surface area contributed by atoms with E-state index in [0.29, 0.717) is 38.3 Å². The fourth-order valence-electron chi connectivity index (χ4n) is 6.48. The molecule has 1 amide bonds. The van der Waals surface area contributed by atoms with Crippen LogP contribution in [-0.2, 0) is 30.8 Å². The maximum absolute atomic E-state index is 12.5. The van der Waals surface area contributed by atoms with Gasteiger partial charge in [-0.3, -0.25) is 9.69 Å². The molecule has 0 bridgehead atoms. The first-order chi connectivity index (χ1) is 19.5. The van der Waals surface area contributed by atoms with E-state index in [1.807, 2.05) is 0 Å². The third kappa shape index (κ3) is 5.23. The van der Waals surface area contributed by atoms with Gasteiger partial charge in [-0.1, -0.05) is 18.7 Å². The molecule has 1 aromatic heterocycles. The number of likely N-dealkylation sites (N-methyl/N-ethyl adjacent to an activating group) is 1. The molecule has 2 aromatic rings. The SMILES string of the molecule is [C-]#[N+]C[C@H]1CN(c2nc(OC[C@@H]3CCCN3C)nc3c2CN(Cc2cccc4c2CCO4)C3)CCN1C(=O)C=C. The minimum atomic E-state index is -0.219. The largest absolute Gasteiger partial charge is 0.493 e. The molecule has 40 heavy (non-hydrogen) atoms. The Labute approximate surface area is 236 Å². The number of nitrogens with zero attached hydrogens (tertiary/aromatic N) is 7. The summed E-state index contributed by atoms with van der Waals surface area (Å²) in [5.74, 6) is 1.74. The normalized spacial score (nSPS) is 22.5. The number of likely N-dealkylation sites (tertiary alicyclic amines) is 1. The lowest BCUT2D eigenvalue weighted by molar-refractivity contribution is -0.128. The van der Waals surface area contributed by atoms with Crippen LogP contribution in [0.4, 0.5) is 5.82 Å². The number of amides is 1. The third-order valence-electron chi connectivity index (χ3n) is 8.66. The number of ether oxygens (including phenoxy) is 2. The van der Waals surface area contributed by atoms with E-state index in [1.54, 1.807) is 4.90 Å². The van der Waals surface area contributed by atoms with Crippen molar-refractivity contribution in [3.8, 4) is 11.8 Å². The molecule has 4 aliphatic heterocycles. The van der Waals surface area contributed by atoms with Gasteiger partial charge in [0.05, 0.1) is 12.3 Å².